The summed E-state index contributed by atoms with van der Waals surface area (Å²) in [5, 5.41) is 3.77. The zero-order chi connectivity index (χ0) is 37.8. The van der Waals surface area contributed by atoms with Crippen LogP contribution in [0.1, 0.15) is 87.9 Å². The van der Waals surface area contributed by atoms with Crippen LogP contribution >= 0.6 is 11.8 Å². The van der Waals surface area contributed by atoms with Crippen LogP contribution in [0.4, 0.5) is 0 Å². The van der Waals surface area contributed by atoms with Crippen LogP contribution in [-0.2, 0) is 10.8 Å². The van der Waals surface area contributed by atoms with Crippen molar-refractivity contribution in [1.82, 2.24) is 19.7 Å². The number of nitrogens with one attached hydrogen (secondary N) is 2. The highest BCUT2D eigenvalue weighted by Gasteiger charge is 2.29. The number of hydrogen-bond acceptors (Lipinski definition) is 5. The van der Waals surface area contributed by atoms with E-state index in [-0.39, 0.29) is 22.4 Å². The first-order chi connectivity index (χ1) is 25.4. The van der Waals surface area contributed by atoms with E-state index in [0.717, 1.165) is 40.2 Å². The van der Waals surface area contributed by atoms with Gasteiger partial charge in [0.25, 0.3) is 5.91 Å². The highest BCUT2D eigenvalue weighted by molar-refractivity contribution is 7.99. The van der Waals surface area contributed by atoms with Gasteiger partial charge in [-0.3, -0.25) is 9.78 Å². The average molecular weight is 727 g/mol. The number of benzene rings is 4. The van der Waals surface area contributed by atoms with Gasteiger partial charge in [-0.1, -0.05) is 144 Å². The van der Waals surface area contributed by atoms with Crippen molar-refractivity contribution in [2.45, 2.75) is 88.5 Å². The van der Waals surface area contributed by atoms with E-state index in [2.05, 4.69) is 70.0 Å². The van der Waals surface area contributed by atoms with E-state index in [0.29, 0.717) is 47.2 Å². The predicted octanol–water partition coefficient (Wildman–Crippen LogP) is 10.4. The summed E-state index contributed by atoms with van der Waals surface area (Å²) >= 11 is 1.44. The second kappa shape index (κ2) is 15.9. The lowest BCUT2D eigenvalue weighted by molar-refractivity contribution is 0.0953. The minimum atomic E-state index is -0.368. The topological polar surface area (TPSA) is 88.5 Å². The molecule has 2 heterocycles. The maximum atomic E-state index is 14.4. The molecule has 4 aromatic carbocycles. The van der Waals surface area contributed by atoms with Crippen molar-refractivity contribution in [1.29, 1.82) is 0 Å². The lowest BCUT2D eigenvalue weighted by atomic mass is 9.76. The van der Waals surface area contributed by atoms with E-state index in [1.807, 2.05) is 91.9 Å². The summed E-state index contributed by atoms with van der Waals surface area (Å²) in [4.78, 5) is 37.3. The van der Waals surface area contributed by atoms with Crippen LogP contribution in [0.25, 0.3) is 28.2 Å². The molecule has 53 heavy (non-hydrogen) atoms. The van der Waals surface area contributed by atoms with E-state index in [1.54, 1.807) is 0 Å². The molecule has 0 radical (unpaired) electrons. The second-order valence-corrected chi connectivity index (χ2v) is 16.0. The van der Waals surface area contributed by atoms with Gasteiger partial charge in [-0.2, -0.15) is 0 Å². The predicted molar refractivity (Wildman–Crippen MR) is 218 cm³/mol. The van der Waals surface area contributed by atoms with Crippen LogP contribution in [0.5, 0.6) is 5.75 Å². The molecule has 7 nitrogen and oxygen atoms in total. The van der Waals surface area contributed by atoms with Gasteiger partial charge in [0.05, 0.1) is 17.2 Å². The van der Waals surface area contributed by atoms with Crippen LogP contribution < -0.4 is 15.7 Å². The Kier molecular flexibility index (Phi) is 11.3. The lowest BCUT2D eigenvalue weighted by Crippen LogP contribution is -2.27. The zero-order valence-corrected chi connectivity index (χ0v) is 32.7. The molecule has 0 unspecified atom stereocenters. The number of fused-ring (bicyclic) bond motifs is 1. The highest BCUT2D eigenvalue weighted by Crippen LogP contribution is 2.41. The van der Waals surface area contributed by atoms with E-state index in [9.17, 15) is 9.59 Å². The smallest absolute Gasteiger partial charge is 0.333 e. The number of amides is 1. The van der Waals surface area contributed by atoms with Gasteiger partial charge in [-0.25, -0.2) is 14.2 Å². The number of aryl methyl sites for hydroxylation is 1. The summed E-state index contributed by atoms with van der Waals surface area (Å²) < 4.78 is 7.96. The highest BCUT2D eigenvalue weighted by atomic mass is 32.2. The van der Waals surface area contributed by atoms with Crippen molar-refractivity contribution in [2.24, 2.45) is 0 Å². The molecule has 2 aromatic heterocycles. The van der Waals surface area contributed by atoms with E-state index >= 15 is 0 Å². The summed E-state index contributed by atoms with van der Waals surface area (Å²) in [6, 6.07) is 34.0. The van der Waals surface area contributed by atoms with E-state index in [4.69, 9.17) is 9.72 Å². The van der Waals surface area contributed by atoms with E-state index < -0.39 is 0 Å². The maximum Gasteiger partial charge on any atom is 0.333 e. The Labute approximate surface area is 317 Å². The Bertz CT molecular complexity index is 2260. The lowest BCUT2D eigenvalue weighted by Gasteiger charge is -2.30. The fraction of sp³-hybridized carbons (Fsp3) is 0.311. The minimum Gasteiger partial charge on any atom is -0.493 e. The molecule has 0 saturated heterocycles. The van der Waals surface area contributed by atoms with Crippen LogP contribution in [0, 0.1) is 6.92 Å². The summed E-state index contributed by atoms with van der Waals surface area (Å²) in [6.45, 7) is 16.4. The van der Waals surface area contributed by atoms with Gasteiger partial charge in [-0.05, 0) is 66.3 Å². The molecule has 0 atom stereocenters. The number of carbonyl (C=O) groups excluding carboxylic acids is 1. The molecule has 0 aliphatic carbocycles. The van der Waals surface area contributed by atoms with Gasteiger partial charge < -0.3 is 10.1 Å². The Balaban J connectivity index is 1.34. The first kappa shape index (κ1) is 37.7. The molecule has 2 N–H and O–H groups in total. The fourth-order valence-electron chi connectivity index (χ4n) is 6.30. The molecule has 0 aliphatic rings. The van der Waals surface area contributed by atoms with Crippen LogP contribution in [0.15, 0.2) is 118 Å². The monoisotopic (exact) mass is 726 g/mol. The van der Waals surface area contributed by atoms with Gasteiger partial charge in [0.15, 0.2) is 5.65 Å². The number of aromatic amines is 1. The van der Waals surface area contributed by atoms with Gasteiger partial charge in [0.1, 0.15) is 11.6 Å². The van der Waals surface area contributed by atoms with Crippen LogP contribution in [-0.4, -0.2) is 33.4 Å². The number of H-pyrrole nitrogens is 1. The standard InChI is InChI=1S/C45H50N4O3S/c1-8-44(4,5)33-25-26-36(35(29-33)45(6,7)9-2)52-28-16-27-46-41(50)38-37(31-17-12-10-13-18-31)42(53-34-19-14-11-15-20-34)49-40(38)47-39(48-43(49)51)32-23-21-30(3)22-24-32/h10-15,17-26,29H,8-9,16,27-28H2,1-7H3,(H,46,50)(H,47,48,51). The van der Waals surface area contributed by atoms with Crippen molar-refractivity contribution in [3.8, 4) is 28.3 Å². The molecule has 0 fully saturated rings. The Morgan fingerprint density at radius 1 is 0.849 bits per heavy atom. The molecule has 8 heteroatoms. The summed E-state index contributed by atoms with van der Waals surface area (Å²) in [7, 11) is 0. The number of ether oxygens (including phenoxy) is 1. The number of carbonyl (C=O) groups is 1. The van der Waals surface area contributed by atoms with Crippen molar-refractivity contribution in [3.63, 3.8) is 0 Å². The minimum absolute atomic E-state index is 0.0501. The molecule has 6 aromatic rings. The first-order valence-electron chi connectivity index (χ1n) is 18.5. The summed E-state index contributed by atoms with van der Waals surface area (Å²) in [5.74, 6) is 0.990. The molecular weight excluding hydrogens is 677 g/mol. The average Bonchev–Trinajstić information content (AvgIpc) is 3.49. The Morgan fingerprint density at radius 3 is 2.17 bits per heavy atom. The first-order valence-corrected chi connectivity index (χ1v) is 19.3. The summed E-state index contributed by atoms with van der Waals surface area (Å²) in [6.07, 6.45) is 2.63. The molecule has 1 amide bonds. The van der Waals surface area contributed by atoms with Crippen molar-refractivity contribution < 1.29 is 9.53 Å². The number of rotatable bonds is 14. The van der Waals surface area contributed by atoms with E-state index in [1.165, 1.54) is 27.3 Å². The van der Waals surface area contributed by atoms with Crippen LogP contribution in [0.3, 0.4) is 0 Å². The Hall–Kier alpha value is -5.08. The SMILES string of the molecule is CCC(C)(C)c1ccc(OCCCNC(=O)c2c(-c3ccccc3)c(Sc3ccccc3)n3c(=O)[nH]c(-c4ccc(C)cc4)nc23)c(C(C)(C)CC)c1. The third-order valence-corrected chi connectivity index (χ3v) is 11.5. The van der Waals surface area contributed by atoms with Gasteiger partial charge >= 0.3 is 5.69 Å². The third-order valence-electron chi connectivity index (χ3n) is 10.4. The molecule has 274 valence electrons. The van der Waals surface area contributed by atoms with Crippen molar-refractivity contribution in [3.05, 3.63) is 136 Å². The van der Waals surface area contributed by atoms with Gasteiger partial charge in [0.2, 0.25) is 0 Å². The maximum absolute atomic E-state index is 14.4. The number of nitrogens with zero attached hydrogens (tertiary/aromatic N) is 2. The fourth-order valence-corrected chi connectivity index (χ4v) is 7.40. The quantitative estimate of drug-likeness (QED) is 0.109. The largest absolute Gasteiger partial charge is 0.493 e. The molecule has 0 spiro atoms. The molecule has 0 aliphatic heterocycles. The second-order valence-electron chi connectivity index (χ2n) is 14.9. The van der Waals surface area contributed by atoms with Crippen LogP contribution in [0.2, 0.25) is 0 Å². The number of aromatic nitrogens is 3. The Morgan fingerprint density at radius 2 is 1.51 bits per heavy atom. The molecule has 0 bridgehead atoms. The van der Waals surface area contributed by atoms with Crippen molar-refractivity contribution in [2.75, 3.05) is 13.2 Å². The molecular formula is C45H50N4O3S. The molecule has 6 rings (SSSR count). The normalized spacial score (nSPS) is 11.9. The third kappa shape index (κ3) is 8.13. The van der Waals surface area contributed by atoms with Crippen molar-refractivity contribution >= 4 is 23.3 Å². The van der Waals surface area contributed by atoms with Gasteiger partial charge in [0, 0.05) is 28.1 Å². The molecule has 0 saturated carbocycles. The number of hydrogen-bond donors (Lipinski definition) is 2. The zero-order valence-electron chi connectivity index (χ0n) is 31.9. The van der Waals surface area contributed by atoms with Gasteiger partial charge in [-0.15, -0.1) is 0 Å². The summed E-state index contributed by atoms with van der Waals surface area (Å²) in [5.41, 5.74) is 6.17.